The summed E-state index contributed by atoms with van der Waals surface area (Å²) in [5.41, 5.74) is 2.20. The van der Waals surface area contributed by atoms with Crippen molar-refractivity contribution >= 4 is 11.8 Å². The number of rotatable bonds is 9. The lowest BCUT2D eigenvalue weighted by Crippen LogP contribution is -2.27. The summed E-state index contributed by atoms with van der Waals surface area (Å²) >= 11 is 0. The van der Waals surface area contributed by atoms with Gasteiger partial charge in [0.1, 0.15) is 5.75 Å². The molecule has 2 rings (SSSR count). The number of amides is 2. The predicted octanol–water partition coefficient (Wildman–Crippen LogP) is 3.44. The number of nitrogens with one attached hydrogen (secondary N) is 2. The zero-order chi connectivity index (χ0) is 19.6. The molecule has 0 radical (unpaired) electrons. The van der Waals surface area contributed by atoms with Crippen LogP contribution in [-0.2, 0) is 6.42 Å². The van der Waals surface area contributed by atoms with Crippen LogP contribution in [0, 0.1) is 5.92 Å². The van der Waals surface area contributed by atoms with Crippen molar-refractivity contribution in [3.63, 3.8) is 0 Å². The van der Waals surface area contributed by atoms with Gasteiger partial charge in [0.05, 0.1) is 7.11 Å². The number of carbonyl (C=O) groups is 2. The number of carbonyl (C=O) groups excluding carboxylic acids is 2. The van der Waals surface area contributed by atoms with E-state index in [4.69, 9.17) is 4.74 Å². The summed E-state index contributed by atoms with van der Waals surface area (Å²) in [6.07, 6.45) is 1.67. The van der Waals surface area contributed by atoms with Crippen molar-refractivity contribution in [2.45, 2.75) is 26.7 Å². The van der Waals surface area contributed by atoms with E-state index in [0.29, 0.717) is 30.1 Å². The normalized spacial score (nSPS) is 10.5. The van der Waals surface area contributed by atoms with Crippen LogP contribution in [0.5, 0.6) is 5.75 Å². The fraction of sp³-hybridized carbons (Fsp3) is 0.364. The summed E-state index contributed by atoms with van der Waals surface area (Å²) in [4.78, 5) is 24.3. The smallest absolute Gasteiger partial charge is 0.251 e. The molecule has 0 saturated carbocycles. The molecule has 2 N–H and O–H groups in total. The Morgan fingerprint density at radius 2 is 1.52 bits per heavy atom. The molecule has 2 amide bonds. The Bertz CT molecular complexity index is 754. The predicted molar refractivity (Wildman–Crippen MR) is 107 cm³/mol. The quantitative estimate of drug-likeness (QED) is 0.712. The highest BCUT2D eigenvalue weighted by molar-refractivity contribution is 5.97. The number of ether oxygens (including phenoxy) is 1. The molecule has 0 aliphatic carbocycles. The van der Waals surface area contributed by atoms with Crippen LogP contribution < -0.4 is 15.4 Å². The molecule has 0 aliphatic rings. The van der Waals surface area contributed by atoms with Gasteiger partial charge in [0.25, 0.3) is 11.8 Å². The molecule has 5 nitrogen and oxygen atoms in total. The zero-order valence-electron chi connectivity index (χ0n) is 16.2. The third-order valence-electron chi connectivity index (χ3n) is 4.25. The average Bonchev–Trinajstić information content (AvgIpc) is 2.67. The Kier molecular flexibility index (Phi) is 7.86. The Labute approximate surface area is 161 Å². The molecule has 0 bridgehead atoms. The Balaban J connectivity index is 1.81. The maximum Gasteiger partial charge on any atom is 0.251 e. The van der Waals surface area contributed by atoms with E-state index in [0.717, 1.165) is 24.2 Å². The van der Waals surface area contributed by atoms with Crippen molar-refractivity contribution < 1.29 is 14.3 Å². The minimum absolute atomic E-state index is 0.111. The third-order valence-corrected chi connectivity index (χ3v) is 4.25. The van der Waals surface area contributed by atoms with Gasteiger partial charge in [-0.25, -0.2) is 0 Å². The summed E-state index contributed by atoms with van der Waals surface area (Å²) in [6, 6.07) is 14.5. The molecule has 0 heterocycles. The summed E-state index contributed by atoms with van der Waals surface area (Å²) < 4.78 is 5.20. The monoisotopic (exact) mass is 368 g/mol. The minimum atomic E-state index is -0.148. The second kappa shape index (κ2) is 10.4. The molecule has 0 aliphatic heterocycles. The van der Waals surface area contributed by atoms with Crippen LogP contribution in [0.15, 0.2) is 48.5 Å². The van der Waals surface area contributed by atoms with Gasteiger partial charge in [-0.15, -0.1) is 0 Å². The summed E-state index contributed by atoms with van der Waals surface area (Å²) in [7, 11) is 1.63. The van der Waals surface area contributed by atoms with Gasteiger partial charge in [-0.3, -0.25) is 9.59 Å². The number of hydrogen-bond acceptors (Lipinski definition) is 3. The van der Waals surface area contributed by atoms with Gasteiger partial charge >= 0.3 is 0 Å². The van der Waals surface area contributed by atoms with Crippen molar-refractivity contribution in [2.75, 3.05) is 20.2 Å². The van der Waals surface area contributed by atoms with Crippen LogP contribution in [0.25, 0.3) is 0 Å². The van der Waals surface area contributed by atoms with Crippen LogP contribution in [0.3, 0.4) is 0 Å². The summed E-state index contributed by atoms with van der Waals surface area (Å²) in [6.45, 7) is 5.42. The third kappa shape index (κ3) is 6.77. The van der Waals surface area contributed by atoms with E-state index >= 15 is 0 Å². The van der Waals surface area contributed by atoms with E-state index in [2.05, 4.69) is 24.5 Å². The second-order valence-electron chi connectivity index (χ2n) is 6.87. The highest BCUT2D eigenvalue weighted by Gasteiger charge is 2.09. The lowest BCUT2D eigenvalue weighted by molar-refractivity contribution is 0.0941. The second-order valence-corrected chi connectivity index (χ2v) is 6.87. The fourth-order valence-electron chi connectivity index (χ4n) is 2.60. The maximum atomic E-state index is 12.2. The fourth-order valence-corrected chi connectivity index (χ4v) is 2.60. The topological polar surface area (TPSA) is 67.4 Å². The van der Waals surface area contributed by atoms with Crippen molar-refractivity contribution in [1.29, 1.82) is 0 Å². The molecular formula is C22H28N2O3. The van der Waals surface area contributed by atoms with Gasteiger partial charge in [0.2, 0.25) is 0 Å². The van der Waals surface area contributed by atoms with E-state index in [-0.39, 0.29) is 11.8 Å². The van der Waals surface area contributed by atoms with Gasteiger partial charge < -0.3 is 15.4 Å². The molecule has 144 valence electrons. The first-order chi connectivity index (χ1) is 13.0. The van der Waals surface area contributed by atoms with Gasteiger partial charge in [0, 0.05) is 24.2 Å². The molecule has 0 saturated heterocycles. The van der Waals surface area contributed by atoms with Crippen molar-refractivity contribution in [1.82, 2.24) is 10.6 Å². The molecule has 2 aromatic carbocycles. The first-order valence-corrected chi connectivity index (χ1v) is 9.29. The van der Waals surface area contributed by atoms with Crippen LogP contribution in [0.4, 0.5) is 0 Å². The zero-order valence-corrected chi connectivity index (χ0v) is 16.2. The number of benzene rings is 2. The maximum absolute atomic E-state index is 12.2. The molecule has 0 unspecified atom stereocenters. The molecule has 0 atom stereocenters. The van der Waals surface area contributed by atoms with E-state index < -0.39 is 0 Å². The SMILES string of the molecule is COc1cccc(CCNC(=O)c2ccc(C(=O)NCCC(C)C)cc2)c1. The van der Waals surface area contributed by atoms with Gasteiger partial charge in [-0.1, -0.05) is 26.0 Å². The first kappa shape index (κ1) is 20.5. The van der Waals surface area contributed by atoms with E-state index in [1.807, 2.05) is 24.3 Å². The standard InChI is InChI=1S/C22H28N2O3/c1-16(2)11-13-23-21(25)18-7-9-19(10-8-18)22(26)24-14-12-17-5-4-6-20(15-17)27-3/h4-10,15-16H,11-14H2,1-3H3,(H,23,25)(H,24,26). The first-order valence-electron chi connectivity index (χ1n) is 9.29. The molecular weight excluding hydrogens is 340 g/mol. The Morgan fingerprint density at radius 3 is 2.07 bits per heavy atom. The van der Waals surface area contributed by atoms with Gasteiger partial charge in [-0.05, 0) is 60.7 Å². The molecule has 27 heavy (non-hydrogen) atoms. The Morgan fingerprint density at radius 1 is 0.926 bits per heavy atom. The molecule has 0 spiro atoms. The molecule has 0 fully saturated rings. The van der Waals surface area contributed by atoms with Crippen LogP contribution in [-0.4, -0.2) is 32.0 Å². The van der Waals surface area contributed by atoms with E-state index in [1.165, 1.54) is 0 Å². The van der Waals surface area contributed by atoms with Crippen LogP contribution in [0.1, 0.15) is 46.5 Å². The van der Waals surface area contributed by atoms with E-state index in [9.17, 15) is 9.59 Å². The number of methoxy groups -OCH3 is 1. The lowest BCUT2D eigenvalue weighted by Gasteiger charge is -2.09. The largest absolute Gasteiger partial charge is 0.497 e. The van der Waals surface area contributed by atoms with Crippen LogP contribution in [0.2, 0.25) is 0 Å². The van der Waals surface area contributed by atoms with Crippen molar-refractivity contribution in [3.8, 4) is 5.75 Å². The molecule has 2 aromatic rings. The Hall–Kier alpha value is -2.82. The average molecular weight is 368 g/mol. The number of hydrogen-bond donors (Lipinski definition) is 2. The molecule has 5 heteroatoms. The molecule has 0 aromatic heterocycles. The lowest BCUT2D eigenvalue weighted by atomic mass is 10.1. The summed E-state index contributed by atoms with van der Waals surface area (Å²) in [5, 5.41) is 5.79. The minimum Gasteiger partial charge on any atom is -0.497 e. The highest BCUT2D eigenvalue weighted by Crippen LogP contribution is 2.12. The van der Waals surface area contributed by atoms with Crippen molar-refractivity contribution in [3.05, 3.63) is 65.2 Å². The van der Waals surface area contributed by atoms with Gasteiger partial charge in [-0.2, -0.15) is 0 Å². The van der Waals surface area contributed by atoms with E-state index in [1.54, 1.807) is 31.4 Å². The van der Waals surface area contributed by atoms with Crippen molar-refractivity contribution in [2.24, 2.45) is 5.92 Å². The van der Waals surface area contributed by atoms with Gasteiger partial charge in [0.15, 0.2) is 0 Å². The highest BCUT2D eigenvalue weighted by atomic mass is 16.5. The summed E-state index contributed by atoms with van der Waals surface area (Å²) in [5.74, 6) is 1.10. The van der Waals surface area contributed by atoms with Crippen LogP contribution >= 0.6 is 0 Å².